The van der Waals surface area contributed by atoms with Crippen LogP contribution >= 0.6 is 0 Å². The zero-order valence-electron chi connectivity index (χ0n) is 17.8. The fourth-order valence-electron chi connectivity index (χ4n) is 3.01. The summed E-state index contributed by atoms with van der Waals surface area (Å²) in [6.07, 6.45) is 19.6. The third-order valence-electron chi connectivity index (χ3n) is 4.63. The van der Waals surface area contributed by atoms with Crippen molar-refractivity contribution in [3.05, 3.63) is 0 Å². The fourth-order valence-corrected chi connectivity index (χ4v) is 3.33. The minimum absolute atomic E-state index is 0. The second kappa shape index (κ2) is 21.7. The van der Waals surface area contributed by atoms with Crippen molar-refractivity contribution in [3.63, 3.8) is 0 Å². The van der Waals surface area contributed by atoms with Gasteiger partial charge in [0.25, 0.3) is 10.1 Å². The van der Waals surface area contributed by atoms with Crippen LogP contribution in [0.4, 0.5) is 0 Å². The first-order chi connectivity index (χ1) is 12.5. The van der Waals surface area contributed by atoms with Crippen molar-refractivity contribution < 1.29 is 69.5 Å². The van der Waals surface area contributed by atoms with Crippen LogP contribution < -0.4 is 56.5 Å². The zero-order valence-corrected chi connectivity index (χ0v) is 21.7. The van der Waals surface area contributed by atoms with Crippen LogP contribution in [0, 0.1) is 0 Å². The number of rotatable bonds is 19. The molecule has 0 amide bonds. The number of unbranched alkanes of at least 4 members (excludes halogenated alkanes) is 14. The van der Waals surface area contributed by atoms with Gasteiger partial charge in [0, 0.05) is 0 Å². The average Bonchev–Trinajstić information content (AvgIpc) is 2.57. The largest absolute Gasteiger partial charge is 1.00 e. The molecule has 0 aliphatic carbocycles. The van der Waals surface area contributed by atoms with Gasteiger partial charge in [-0.1, -0.05) is 96.8 Å². The van der Waals surface area contributed by atoms with E-state index < -0.39 is 15.9 Å². The molecular formula is C20H40KNO4S. The predicted molar refractivity (Wildman–Crippen MR) is 108 cm³/mol. The summed E-state index contributed by atoms with van der Waals surface area (Å²) in [6, 6.07) is 0. The van der Waals surface area contributed by atoms with Crippen LogP contribution in [0.3, 0.4) is 0 Å². The van der Waals surface area contributed by atoms with Crippen molar-refractivity contribution in [2.45, 2.75) is 110 Å². The van der Waals surface area contributed by atoms with Crippen molar-refractivity contribution in [2.24, 2.45) is 4.99 Å². The molecule has 156 valence electrons. The predicted octanol–water partition coefficient (Wildman–Crippen LogP) is 1.90. The molecule has 7 heteroatoms. The van der Waals surface area contributed by atoms with Gasteiger partial charge < -0.3 is 10.1 Å². The molecule has 5 nitrogen and oxygen atoms in total. The van der Waals surface area contributed by atoms with Gasteiger partial charge >= 0.3 is 51.4 Å². The molecule has 0 spiro atoms. The molecule has 0 atom stereocenters. The van der Waals surface area contributed by atoms with E-state index in [0.717, 1.165) is 19.3 Å². The molecule has 27 heavy (non-hydrogen) atoms. The van der Waals surface area contributed by atoms with Gasteiger partial charge in [0.05, 0.1) is 12.3 Å². The minimum Gasteiger partial charge on any atom is -0.862 e. The topological polar surface area (TPSA) is 89.8 Å². The third-order valence-corrected chi connectivity index (χ3v) is 5.33. The number of aliphatic imine (C=N–C) groups is 1. The molecular weight excluding hydrogens is 389 g/mol. The Hall–Kier alpha value is 1.02. The SMILES string of the molecule is CCCCCCCCCCCCCCCCCC([O-])=NCCS(=O)(=O)O.[K+]. The van der Waals surface area contributed by atoms with Crippen molar-refractivity contribution >= 4 is 16.0 Å². The van der Waals surface area contributed by atoms with Gasteiger partial charge in [0.15, 0.2) is 0 Å². The summed E-state index contributed by atoms with van der Waals surface area (Å²) in [5.41, 5.74) is 0. The van der Waals surface area contributed by atoms with Crippen molar-refractivity contribution in [1.29, 1.82) is 0 Å². The Morgan fingerprint density at radius 1 is 0.778 bits per heavy atom. The number of hydrogen-bond acceptors (Lipinski definition) is 4. The molecule has 0 radical (unpaired) electrons. The molecule has 0 aromatic carbocycles. The van der Waals surface area contributed by atoms with E-state index in [4.69, 9.17) is 4.55 Å². The Kier molecular flexibility index (Phi) is 24.3. The van der Waals surface area contributed by atoms with Gasteiger partial charge in [-0.2, -0.15) is 8.42 Å². The second-order valence-corrected chi connectivity index (χ2v) is 8.83. The maximum atomic E-state index is 11.4. The van der Waals surface area contributed by atoms with E-state index in [1.54, 1.807) is 0 Å². The summed E-state index contributed by atoms with van der Waals surface area (Å²) in [5.74, 6) is -0.735. The molecule has 0 unspecified atom stereocenters. The van der Waals surface area contributed by atoms with E-state index >= 15 is 0 Å². The Balaban J connectivity index is 0. The van der Waals surface area contributed by atoms with E-state index in [2.05, 4.69) is 11.9 Å². The molecule has 0 bridgehead atoms. The summed E-state index contributed by atoms with van der Waals surface area (Å²) in [4.78, 5) is 3.63. The number of hydrogen-bond donors (Lipinski definition) is 1. The van der Waals surface area contributed by atoms with Gasteiger partial charge in [0.2, 0.25) is 0 Å². The van der Waals surface area contributed by atoms with Crippen LogP contribution in [0.2, 0.25) is 0 Å². The smallest absolute Gasteiger partial charge is 0.862 e. The first-order valence-corrected chi connectivity index (χ1v) is 12.2. The molecule has 0 saturated carbocycles. The van der Waals surface area contributed by atoms with Crippen LogP contribution in [0.1, 0.15) is 110 Å². The molecule has 0 heterocycles. The Morgan fingerprint density at radius 3 is 1.52 bits per heavy atom. The monoisotopic (exact) mass is 429 g/mol. The molecule has 0 fully saturated rings. The van der Waals surface area contributed by atoms with E-state index in [-0.39, 0.29) is 63.8 Å². The van der Waals surface area contributed by atoms with Gasteiger partial charge in [-0.05, 0) is 18.7 Å². The summed E-state index contributed by atoms with van der Waals surface area (Å²) < 4.78 is 29.6. The maximum absolute atomic E-state index is 11.4. The molecule has 0 aromatic rings. The first kappa shape index (κ1) is 30.2. The quantitative estimate of drug-likeness (QED) is 0.112. The van der Waals surface area contributed by atoms with Crippen molar-refractivity contribution in [2.75, 3.05) is 12.3 Å². The van der Waals surface area contributed by atoms with E-state index in [9.17, 15) is 13.5 Å². The summed E-state index contributed by atoms with van der Waals surface area (Å²) >= 11 is 0. The third kappa shape index (κ3) is 27.0. The van der Waals surface area contributed by atoms with Crippen LogP contribution in [-0.2, 0) is 10.1 Å². The average molecular weight is 430 g/mol. The van der Waals surface area contributed by atoms with Gasteiger partial charge in [-0.3, -0.25) is 4.55 Å². The van der Waals surface area contributed by atoms with Crippen LogP contribution in [0.25, 0.3) is 0 Å². The fraction of sp³-hybridized carbons (Fsp3) is 0.950. The molecule has 1 N–H and O–H groups in total. The molecule has 0 saturated heterocycles. The molecule has 0 rings (SSSR count). The summed E-state index contributed by atoms with van der Waals surface area (Å²) in [6.45, 7) is 2.11. The van der Waals surface area contributed by atoms with Crippen molar-refractivity contribution in [1.82, 2.24) is 0 Å². The van der Waals surface area contributed by atoms with E-state index in [1.165, 1.54) is 77.0 Å². The second-order valence-electron chi connectivity index (χ2n) is 7.26. The van der Waals surface area contributed by atoms with Gasteiger partial charge in [-0.15, -0.1) is 0 Å². The van der Waals surface area contributed by atoms with Crippen LogP contribution in [0.15, 0.2) is 4.99 Å². The van der Waals surface area contributed by atoms with Crippen LogP contribution in [0.5, 0.6) is 0 Å². The Labute approximate surface area is 210 Å². The Bertz CT molecular complexity index is 441. The van der Waals surface area contributed by atoms with E-state index in [0.29, 0.717) is 6.42 Å². The van der Waals surface area contributed by atoms with Gasteiger partial charge in [0.1, 0.15) is 0 Å². The van der Waals surface area contributed by atoms with Gasteiger partial charge in [-0.25, -0.2) is 0 Å². The molecule has 0 aliphatic rings. The summed E-state index contributed by atoms with van der Waals surface area (Å²) in [5, 5.41) is 11.4. The minimum atomic E-state index is -4.02. The molecule has 0 aromatic heterocycles. The van der Waals surface area contributed by atoms with Crippen LogP contribution in [-0.4, -0.2) is 31.2 Å². The summed E-state index contributed by atoms with van der Waals surface area (Å²) in [7, 11) is -4.02. The zero-order chi connectivity index (χ0) is 19.5. The molecule has 0 aliphatic heterocycles. The first-order valence-electron chi connectivity index (χ1n) is 10.6. The number of nitrogens with zero attached hydrogens (tertiary/aromatic N) is 1. The standard InChI is InChI=1S/C20H41NO4S.K/c1-2-3-4-5-6-7-8-9-10-11-12-13-14-15-16-17-20(22)21-18-19-26(23,24)25;/h2-19H2,1H3,(H,21,22)(H,23,24,25);/q;+1/p-1. The Morgan fingerprint density at radius 2 is 1.15 bits per heavy atom. The van der Waals surface area contributed by atoms with E-state index in [1.807, 2.05) is 0 Å². The maximum Gasteiger partial charge on any atom is 1.00 e. The van der Waals surface area contributed by atoms with Crippen molar-refractivity contribution in [3.8, 4) is 0 Å². The normalized spacial score (nSPS) is 12.1.